The van der Waals surface area contributed by atoms with Crippen molar-refractivity contribution < 1.29 is 56.0 Å². The van der Waals surface area contributed by atoms with E-state index in [1.807, 2.05) is 0 Å². The summed E-state index contributed by atoms with van der Waals surface area (Å²) < 4.78 is 82.6. The van der Waals surface area contributed by atoms with Crippen molar-refractivity contribution in [3.8, 4) is 0 Å². The van der Waals surface area contributed by atoms with Gasteiger partial charge in [0.2, 0.25) is 0 Å². The number of imidazole rings is 2. The van der Waals surface area contributed by atoms with Gasteiger partial charge in [-0.3, -0.25) is 22.7 Å². The molecule has 3 saturated heterocycles. The molecule has 12 atom stereocenters. The summed E-state index contributed by atoms with van der Waals surface area (Å²) in [6.07, 6.45) is -11.0. The zero-order chi connectivity index (χ0) is 34.9. The molecule has 0 aromatic carbocycles. The lowest BCUT2D eigenvalue weighted by Crippen LogP contribution is -2.37. The molecule has 26 heteroatoms. The summed E-state index contributed by atoms with van der Waals surface area (Å²) in [4.78, 5) is 36.4. The van der Waals surface area contributed by atoms with Gasteiger partial charge >= 0.3 is 13.5 Å². The molecule has 5 aliphatic rings. The molecule has 50 heavy (non-hydrogen) atoms. The Balaban J connectivity index is 1.21. The van der Waals surface area contributed by atoms with Crippen LogP contribution in [0, 0.1) is 0 Å². The van der Waals surface area contributed by atoms with Crippen molar-refractivity contribution in [1.29, 1.82) is 0 Å². The standard InChI is InChI=1S/C24H28F2N10O10P2S2/c25-13-17-11-3-41-48(40,50)46-18-12(4-42-47(39,49)45-17)44-24(14(18)26)36-8-34-16-20(30-6-32-22(16)36)28-2-10(38)9(37)1-27-19-15-21(31-5-29-19)35(7-33-15)23(13)43-11/h5-14,17-18,23-24,37-38H,1-4H2,(H,39,49)(H,40,50)(H,27,29,31)(H,28,30,32)/t9-,10-,11?,12?,13+,14+,17+,18+,23+,24+,47?,48?/m0/s1. The number of aliphatic hydroxyl groups is 2. The number of aliphatic hydroxyl groups excluding tert-OH is 2. The van der Waals surface area contributed by atoms with E-state index < -0.39 is 88.2 Å². The lowest BCUT2D eigenvalue weighted by Gasteiger charge is -2.29. The number of halogens is 2. The van der Waals surface area contributed by atoms with E-state index in [1.165, 1.54) is 34.4 Å². The van der Waals surface area contributed by atoms with Crippen molar-refractivity contribution in [3.63, 3.8) is 0 Å². The van der Waals surface area contributed by atoms with Gasteiger partial charge in [-0.05, 0) is 11.8 Å². The molecule has 3 fully saturated rings. The third-order valence-corrected chi connectivity index (χ3v) is 11.7. The van der Waals surface area contributed by atoms with Crippen molar-refractivity contribution in [2.24, 2.45) is 0 Å². The molecule has 5 N–H and O–H groups in total. The topological polar surface area (TPSA) is 244 Å². The first-order chi connectivity index (χ1) is 23.9. The Labute approximate surface area is 289 Å². The maximum absolute atomic E-state index is 16.3. The normalized spacial score (nSPS) is 39.6. The van der Waals surface area contributed by atoms with Gasteiger partial charge in [0.1, 0.15) is 37.1 Å². The number of aromatic nitrogens is 8. The zero-order valence-corrected chi connectivity index (χ0v) is 28.7. The van der Waals surface area contributed by atoms with Gasteiger partial charge in [0.15, 0.2) is 58.8 Å². The largest absolute Gasteiger partial charge is 0.389 e. The Kier molecular flexibility index (Phi) is 9.06. The van der Waals surface area contributed by atoms with E-state index in [0.717, 1.165) is 0 Å². The van der Waals surface area contributed by atoms with Gasteiger partial charge in [-0.2, -0.15) is 0 Å². The van der Waals surface area contributed by atoms with Gasteiger partial charge in [0.05, 0.1) is 38.1 Å². The van der Waals surface area contributed by atoms with Crippen LogP contribution >= 0.6 is 25.8 Å². The number of alkyl halides is 2. The summed E-state index contributed by atoms with van der Waals surface area (Å²) in [5.74, 6) is 0.302. The van der Waals surface area contributed by atoms with E-state index in [0.29, 0.717) is 0 Å². The lowest BCUT2D eigenvalue weighted by atomic mass is 10.1. The number of hydrogen-bond donors (Lipinski definition) is 6. The van der Waals surface area contributed by atoms with Crippen LogP contribution in [0.4, 0.5) is 20.4 Å². The highest BCUT2D eigenvalue weighted by Crippen LogP contribution is 2.58. The Hall–Kier alpha value is -2.57. The molecule has 20 nitrogen and oxygen atoms in total. The first-order valence-corrected chi connectivity index (χ1v) is 20.3. The van der Waals surface area contributed by atoms with Crippen molar-refractivity contribution in [3.05, 3.63) is 25.3 Å². The molecule has 0 spiro atoms. The lowest BCUT2D eigenvalue weighted by molar-refractivity contribution is -0.0564. The summed E-state index contributed by atoms with van der Waals surface area (Å²) in [6, 6.07) is 0. The fourth-order valence-electron chi connectivity index (χ4n) is 6.07. The number of ether oxygens (including phenoxy) is 2. The Morgan fingerprint density at radius 1 is 0.800 bits per heavy atom. The number of nitrogens with one attached hydrogen (secondary N) is 2. The second-order valence-electron chi connectivity index (χ2n) is 11.7. The number of nitrogens with zero attached hydrogens (tertiary/aromatic N) is 8. The summed E-state index contributed by atoms with van der Waals surface area (Å²) in [5.41, 5.74) is 0.520. The summed E-state index contributed by atoms with van der Waals surface area (Å²) in [6.45, 7) is -10.4. The summed E-state index contributed by atoms with van der Waals surface area (Å²) in [7, 11) is 0. The molecule has 4 aromatic heterocycles. The van der Waals surface area contributed by atoms with Crippen molar-refractivity contribution in [1.82, 2.24) is 39.0 Å². The molecule has 0 saturated carbocycles. The SMILES string of the molecule is O=P1(S)OCC2O[C@@H]3[C@H](F)[C@@H]2OP(O)(=S)OCC2O[C@H]([C@H](F)[C@@H]2O1)n1cnc2c(ncnc21)NC[C@H](O)[C@@H](O)CNc1ncnc2c1ncn23. The highest BCUT2D eigenvalue weighted by molar-refractivity contribution is 8.44. The molecule has 4 unspecified atom stereocenters. The van der Waals surface area contributed by atoms with E-state index in [-0.39, 0.29) is 47.1 Å². The van der Waals surface area contributed by atoms with Gasteiger partial charge < -0.3 is 39.7 Å². The highest BCUT2D eigenvalue weighted by Gasteiger charge is 2.54. The van der Waals surface area contributed by atoms with Crippen LogP contribution in [0.1, 0.15) is 12.5 Å². The first-order valence-electron chi connectivity index (χ1n) is 15.0. The fraction of sp³-hybridized carbons (Fsp3) is 0.583. The smallest absolute Gasteiger partial charge is 0.386 e. The molecule has 0 radical (unpaired) electrons. The molecule has 270 valence electrons. The third-order valence-electron chi connectivity index (χ3n) is 8.51. The molecule has 14 bridgehead atoms. The summed E-state index contributed by atoms with van der Waals surface area (Å²) >= 11 is 9.25. The van der Waals surface area contributed by atoms with Crippen LogP contribution < -0.4 is 10.6 Å². The quantitative estimate of drug-likeness (QED) is 0.107. The van der Waals surface area contributed by atoms with Gasteiger partial charge in [0, 0.05) is 13.1 Å². The average Bonchev–Trinajstić information content (AvgIpc) is 3.85. The first kappa shape index (κ1) is 34.5. The monoisotopic (exact) mass is 780 g/mol. The van der Waals surface area contributed by atoms with Crippen LogP contribution in [0.15, 0.2) is 25.3 Å². The average molecular weight is 781 g/mol. The van der Waals surface area contributed by atoms with E-state index in [4.69, 9.17) is 39.4 Å². The van der Waals surface area contributed by atoms with Crippen LogP contribution in [-0.2, 0) is 43.9 Å². The van der Waals surface area contributed by atoms with Crippen LogP contribution in [0.3, 0.4) is 0 Å². The number of rotatable bonds is 0. The zero-order valence-electron chi connectivity index (χ0n) is 25.2. The van der Waals surface area contributed by atoms with Gasteiger partial charge in [-0.15, -0.1) is 0 Å². The minimum Gasteiger partial charge on any atom is -0.389 e. The van der Waals surface area contributed by atoms with Gasteiger partial charge in [-0.25, -0.2) is 43.2 Å². The minimum atomic E-state index is -4.42. The second-order valence-corrected chi connectivity index (χ2v) is 17.3. The number of hydrogen-bond acceptors (Lipinski definition) is 18. The Morgan fingerprint density at radius 2 is 1.28 bits per heavy atom. The van der Waals surface area contributed by atoms with Gasteiger partial charge in [0.25, 0.3) is 0 Å². The number of anilines is 2. The molecular formula is C24H28F2N10O10P2S2. The molecule has 9 heterocycles. The number of fused-ring (bicyclic) bond motifs is 11. The number of thiol groups is 1. The molecule has 0 aliphatic carbocycles. The molecular weight excluding hydrogens is 752 g/mol. The summed E-state index contributed by atoms with van der Waals surface area (Å²) in [5, 5.41) is 27.3. The maximum Gasteiger partial charge on any atom is 0.386 e. The van der Waals surface area contributed by atoms with Gasteiger partial charge in [-0.1, -0.05) is 12.2 Å². The van der Waals surface area contributed by atoms with Crippen LogP contribution in [0.5, 0.6) is 0 Å². The van der Waals surface area contributed by atoms with Crippen LogP contribution in [0.2, 0.25) is 0 Å². The van der Waals surface area contributed by atoms with Crippen molar-refractivity contribution in [2.75, 3.05) is 36.9 Å². The molecule has 4 aromatic rings. The van der Waals surface area contributed by atoms with Crippen LogP contribution in [-0.4, -0.2) is 129 Å². The maximum atomic E-state index is 16.3. The molecule has 5 aliphatic heterocycles. The molecule has 9 rings (SSSR count). The predicted octanol–water partition coefficient (Wildman–Crippen LogP) is 0.768. The van der Waals surface area contributed by atoms with Crippen molar-refractivity contribution in [2.45, 2.75) is 61.4 Å². The predicted molar refractivity (Wildman–Crippen MR) is 172 cm³/mol. The highest BCUT2D eigenvalue weighted by atomic mass is 32.7. The third kappa shape index (κ3) is 6.29. The molecule has 0 amide bonds. The fourth-order valence-corrected chi connectivity index (χ4v) is 8.99. The van der Waals surface area contributed by atoms with E-state index in [1.54, 1.807) is 0 Å². The second kappa shape index (κ2) is 13.1. The minimum absolute atomic E-state index is 0.0983. The van der Waals surface area contributed by atoms with E-state index in [9.17, 15) is 19.7 Å². The van der Waals surface area contributed by atoms with Crippen LogP contribution in [0.25, 0.3) is 22.3 Å². The van der Waals surface area contributed by atoms with E-state index >= 15 is 8.78 Å². The Morgan fingerprint density at radius 3 is 1.80 bits per heavy atom. The van der Waals surface area contributed by atoms with Crippen molar-refractivity contribution >= 4 is 71.5 Å². The Bertz CT molecular complexity index is 1880. The van der Waals surface area contributed by atoms with E-state index in [2.05, 4.69) is 52.8 Å².